The fourth-order valence-electron chi connectivity index (χ4n) is 1.30. The van der Waals surface area contributed by atoms with Crippen LogP contribution in [0.4, 0.5) is 0 Å². The van der Waals surface area contributed by atoms with Gasteiger partial charge in [0.15, 0.2) is 0 Å². The maximum Gasteiger partial charge on any atom is 0.142 e. The maximum absolute atomic E-state index is 8.42. The van der Waals surface area contributed by atoms with Gasteiger partial charge in [-0.3, -0.25) is 0 Å². The third kappa shape index (κ3) is 3.62. The van der Waals surface area contributed by atoms with Gasteiger partial charge in [-0.2, -0.15) is 0 Å². The highest BCUT2D eigenvalue weighted by Crippen LogP contribution is 2.22. The minimum atomic E-state index is -0.156. The summed E-state index contributed by atoms with van der Waals surface area (Å²) in [6.07, 6.45) is 0.217. The second-order valence-corrected chi connectivity index (χ2v) is 4.04. The Kier molecular flexibility index (Phi) is 4.43. The molecule has 0 aliphatic rings. The van der Waals surface area contributed by atoms with Crippen LogP contribution in [-0.2, 0) is 0 Å². The van der Waals surface area contributed by atoms with E-state index in [1.165, 1.54) is 0 Å². The van der Waals surface area contributed by atoms with Crippen LogP contribution in [0, 0.1) is 6.92 Å². The molecule has 0 heterocycles. The summed E-state index contributed by atoms with van der Waals surface area (Å²) in [5, 5.41) is 12.0. The molecule has 0 spiro atoms. The number of hydrogen-bond acceptors (Lipinski definition) is 3. The third-order valence-electron chi connectivity index (χ3n) is 2.09. The van der Waals surface area contributed by atoms with Gasteiger partial charge in [-0.05, 0) is 37.6 Å². The third-order valence-corrected chi connectivity index (χ3v) is 2.52. The molecule has 16 heavy (non-hydrogen) atoms. The predicted molar refractivity (Wildman–Crippen MR) is 64.3 cm³/mol. The summed E-state index contributed by atoms with van der Waals surface area (Å²) >= 11 is 5.90. The standard InChI is InChI=1S/C11H15ClN2O2/c1-7-5-9(3-4-10(7)12)16-8(2)6-11(13)14-15/h3-5,8,15H,6H2,1-2H3,(H2,13,14). The summed E-state index contributed by atoms with van der Waals surface area (Å²) in [5.41, 5.74) is 6.33. The Labute approximate surface area is 99.7 Å². The Hall–Kier alpha value is -1.42. The lowest BCUT2D eigenvalue weighted by Gasteiger charge is -2.14. The Morgan fingerprint density at radius 1 is 1.62 bits per heavy atom. The zero-order valence-corrected chi connectivity index (χ0v) is 10.0. The molecule has 5 heteroatoms. The zero-order valence-electron chi connectivity index (χ0n) is 9.27. The van der Waals surface area contributed by atoms with Crippen molar-refractivity contribution in [2.45, 2.75) is 26.4 Å². The number of amidine groups is 1. The van der Waals surface area contributed by atoms with Crippen molar-refractivity contribution >= 4 is 17.4 Å². The van der Waals surface area contributed by atoms with Crippen LogP contribution in [0.3, 0.4) is 0 Å². The van der Waals surface area contributed by atoms with Crippen LogP contribution >= 0.6 is 11.6 Å². The summed E-state index contributed by atoms with van der Waals surface area (Å²) in [6, 6.07) is 5.42. The lowest BCUT2D eigenvalue weighted by atomic mass is 10.2. The second-order valence-electron chi connectivity index (χ2n) is 3.63. The fraction of sp³-hybridized carbons (Fsp3) is 0.364. The fourth-order valence-corrected chi connectivity index (χ4v) is 1.42. The van der Waals surface area contributed by atoms with E-state index in [0.29, 0.717) is 11.4 Å². The van der Waals surface area contributed by atoms with Gasteiger partial charge in [-0.1, -0.05) is 16.8 Å². The number of hydrogen-bond donors (Lipinski definition) is 2. The van der Waals surface area contributed by atoms with Gasteiger partial charge in [0, 0.05) is 11.4 Å². The lowest BCUT2D eigenvalue weighted by Crippen LogP contribution is -2.22. The minimum absolute atomic E-state index is 0.151. The van der Waals surface area contributed by atoms with Crippen molar-refractivity contribution < 1.29 is 9.94 Å². The lowest BCUT2D eigenvalue weighted by molar-refractivity contribution is 0.226. The molecule has 0 aromatic heterocycles. The van der Waals surface area contributed by atoms with E-state index >= 15 is 0 Å². The largest absolute Gasteiger partial charge is 0.490 e. The predicted octanol–water partition coefficient (Wildman–Crippen LogP) is 2.55. The molecule has 0 saturated carbocycles. The Balaban J connectivity index is 2.63. The summed E-state index contributed by atoms with van der Waals surface area (Å²) < 4.78 is 5.59. The van der Waals surface area contributed by atoms with E-state index in [9.17, 15) is 0 Å². The van der Waals surface area contributed by atoms with Crippen molar-refractivity contribution in [2.75, 3.05) is 0 Å². The van der Waals surface area contributed by atoms with E-state index in [2.05, 4.69) is 5.16 Å². The van der Waals surface area contributed by atoms with Crippen molar-refractivity contribution in [2.24, 2.45) is 10.9 Å². The summed E-state index contributed by atoms with van der Waals surface area (Å²) in [6.45, 7) is 3.76. The monoisotopic (exact) mass is 242 g/mol. The van der Waals surface area contributed by atoms with Gasteiger partial charge in [-0.15, -0.1) is 0 Å². The van der Waals surface area contributed by atoms with Crippen LogP contribution in [0.1, 0.15) is 18.9 Å². The molecule has 1 aromatic carbocycles. The van der Waals surface area contributed by atoms with Crippen LogP contribution in [0.2, 0.25) is 5.02 Å². The van der Waals surface area contributed by atoms with Crippen molar-refractivity contribution in [3.63, 3.8) is 0 Å². The zero-order chi connectivity index (χ0) is 12.1. The average molecular weight is 243 g/mol. The van der Waals surface area contributed by atoms with E-state index in [1.807, 2.05) is 19.9 Å². The molecule has 1 rings (SSSR count). The van der Waals surface area contributed by atoms with Crippen molar-refractivity contribution in [3.05, 3.63) is 28.8 Å². The minimum Gasteiger partial charge on any atom is -0.490 e. The summed E-state index contributed by atoms with van der Waals surface area (Å²) in [5.74, 6) is 0.873. The number of rotatable bonds is 4. The molecule has 0 bridgehead atoms. The first-order valence-electron chi connectivity index (χ1n) is 4.92. The van der Waals surface area contributed by atoms with Gasteiger partial charge in [-0.25, -0.2) is 0 Å². The van der Waals surface area contributed by atoms with E-state index < -0.39 is 0 Å². The highest BCUT2D eigenvalue weighted by molar-refractivity contribution is 6.31. The average Bonchev–Trinajstić information content (AvgIpc) is 2.23. The number of ether oxygens (including phenoxy) is 1. The second kappa shape index (κ2) is 5.61. The van der Waals surface area contributed by atoms with E-state index in [1.54, 1.807) is 12.1 Å². The Morgan fingerprint density at radius 2 is 2.31 bits per heavy atom. The molecule has 88 valence electrons. The van der Waals surface area contributed by atoms with Crippen molar-refractivity contribution in [1.29, 1.82) is 0 Å². The smallest absolute Gasteiger partial charge is 0.142 e. The molecule has 3 N–H and O–H groups in total. The Bertz CT molecular complexity index is 394. The molecule has 1 unspecified atom stereocenters. The number of aryl methyl sites for hydroxylation is 1. The molecule has 1 aromatic rings. The topological polar surface area (TPSA) is 67.8 Å². The normalized spacial score (nSPS) is 13.6. The molecule has 4 nitrogen and oxygen atoms in total. The summed E-state index contributed by atoms with van der Waals surface area (Å²) in [4.78, 5) is 0. The maximum atomic E-state index is 8.42. The molecule has 0 saturated heterocycles. The first-order valence-corrected chi connectivity index (χ1v) is 5.30. The number of halogens is 1. The van der Waals surface area contributed by atoms with Gasteiger partial charge < -0.3 is 15.7 Å². The van der Waals surface area contributed by atoms with Crippen LogP contribution in [0.15, 0.2) is 23.4 Å². The van der Waals surface area contributed by atoms with Crippen molar-refractivity contribution in [1.82, 2.24) is 0 Å². The number of benzene rings is 1. The van der Waals surface area contributed by atoms with Crippen LogP contribution in [0.25, 0.3) is 0 Å². The number of oxime groups is 1. The van der Waals surface area contributed by atoms with Crippen LogP contribution < -0.4 is 10.5 Å². The van der Waals surface area contributed by atoms with Crippen molar-refractivity contribution in [3.8, 4) is 5.75 Å². The van der Waals surface area contributed by atoms with Crippen LogP contribution in [0.5, 0.6) is 5.75 Å². The van der Waals surface area contributed by atoms with E-state index in [-0.39, 0.29) is 11.9 Å². The van der Waals surface area contributed by atoms with E-state index in [4.69, 9.17) is 27.3 Å². The number of nitrogens with zero attached hydrogens (tertiary/aromatic N) is 1. The molecule has 1 atom stereocenters. The molecular weight excluding hydrogens is 228 g/mol. The quantitative estimate of drug-likeness (QED) is 0.369. The molecule has 0 radical (unpaired) electrons. The molecule has 0 amide bonds. The SMILES string of the molecule is Cc1cc(OC(C)CC(N)=NO)ccc1Cl. The number of nitrogens with two attached hydrogens (primary N) is 1. The van der Waals surface area contributed by atoms with Gasteiger partial charge in [0.25, 0.3) is 0 Å². The van der Waals surface area contributed by atoms with Crippen LogP contribution in [-0.4, -0.2) is 17.1 Å². The molecule has 0 fully saturated rings. The molecule has 0 aliphatic heterocycles. The van der Waals surface area contributed by atoms with Gasteiger partial charge in [0.05, 0.1) is 0 Å². The van der Waals surface area contributed by atoms with Gasteiger partial charge >= 0.3 is 0 Å². The van der Waals surface area contributed by atoms with E-state index in [0.717, 1.165) is 11.3 Å². The van der Waals surface area contributed by atoms with Gasteiger partial charge in [0.2, 0.25) is 0 Å². The Morgan fingerprint density at radius 3 is 2.88 bits per heavy atom. The summed E-state index contributed by atoms with van der Waals surface area (Å²) in [7, 11) is 0. The first-order chi connectivity index (χ1) is 7.52. The molecular formula is C11H15ClN2O2. The highest BCUT2D eigenvalue weighted by atomic mass is 35.5. The first kappa shape index (κ1) is 12.6. The highest BCUT2D eigenvalue weighted by Gasteiger charge is 2.07. The molecule has 0 aliphatic carbocycles. The van der Waals surface area contributed by atoms with Gasteiger partial charge in [0.1, 0.15) is 17.7 Å².